The van der Waals surface area contributed by atoms with Crippen LogP contribution in [0.15, 0.2) is 121 Å². The highest BCUT2D eigenvalue weighted by Crippen LogP contribution is 2.73. The molecule has 0 saturated heterocycles. The van der Waals surface area contributed by atoms with Gasteiger partial charge in [-0.25, -0.2) is 0 Å². The normalized spacial score (nSPS) is 24.4. The van der Waals surface area contributed by atoms with Crippen molar-refractivity contribution in [1.82, 2.24) is 4.98 Å². The van der Waals surface area contributed by atoms with E-state index < -0.39 is 5.41 Å². The van der Waals surface area contributed by atoms with Crippen molar-refractivity contribution >= 4 is 16.6 Å². The van der Waals surface area contributed by atoms with Crippen molar-refractivity contribution in [3.05, 3.63) is 138 Å². The summed E-state index contributed by atoms with van der Waals surface area (Å²) in [6.07, 6.45) is 4.60. The Morgan fingerprint density at radius 2 is 1.39 bits per heavy atom. The zero-order valence-electron chi connectivity index (χ0n) is 20.1. The van der Waals surface area contributed by atoms with Crippen molar-refractivity contribution in [2.75, 3.05) is 0 Å². The number of benzene rings is 4. The first-order valence-electron chi connectivity index (χ1n) is 12.8. The minimum absolute atomic E-state index is 0.0317. The van der Waals surface area contributed by atoms with Gasteiger partial charge in [-0.3, -0.25) is 9.78 Å². The predicted octanol–water partition coefficient (Wildman–Crippen LogP) is 7.99. The fourth-order valence-electron chi connectivity index (χ4n) is 7.01. The fraction of sp³-hybridized carbons (Fsp3) is 0.176. The van der Waals surface area contributed by atoms with E-state index in [4.69, 9.17) is 4.98 Å². The Morgan fingerprint density at radius 3 is 2.14 bits per heavy atom. The van der Waals surface area contributed by atoms with E-state index in [0.717, 1.165) is 35.9 Å². The maximum absolute atomic E-state index is 14.2. The smallest absolute Gasteiger partial charge is 0.169 e. The van der Waals surface area contributed by atoms with E-state index in [2.05, 4.69) is 78.9 Å². The van der Waals surface area contributed by atoms with Crippen LogP contribution in [0.25, 0.3) is 21.9 Å². The third kappa shape index (κ3) is 3.18. The number of carbonyl (C=O) groups is 1. The molecule has 3 fully saturated rings. The average molecular weight is 466 g/mol. The molecule has 174 valence electrons. The molecule has 2 bridgehead atoms. The lowest BCUT2D eigenvalue weighted by Crippen LogP contribution is -2.47. The number of fused-ring (bicyclic) bond motifs is 2. The van der Waals surface area contributed by atoms with Gasteiger partial charge < -0.3 is 0 Å². The Bertz CT molecular complexity index is 1560. The largest absolute Gasteiger partial charge is 0.294 e. The lowest BCUT2D eigenvalue weighted by molar-refractivity contribution is 0.0537. The molecule has 3 aliphatic rings. The third-order valence-corrected chi connectivity index (χ3v) is 8.68. The second-order valence-corrected chi connectivity index (χ2v) is 10.6. The molecule has 36 heavy (non-hydrogen) atoms. The van der Waals surface area contributed by atoms with Crippen LogP contribution in [0.4, 0.5) is 0 Å². The number of carbonyl (C=O) groups excluding carboxylic acids is 1. The van der Waals surface area contributed by atoms with E-state index in [1.165, 1.54) is 22.1 Å². The van der Waals surface area contributed by atoms with Crippen LogP contribution < -0.4 is 0 Å². The van der Waals surface area contributed by atoms with Crippen LogP contribution >= 0.6 is 0 Å². The van der Waals surface area contributed by atoms with Gasteiger partial charge in [-0.05, 0) is 70.3 Å². The van der Waals surface area contributed by atoms with Crippen molar-refractivity contribution in [2.24, 2.45) is 5.41 Å². The zero-order chi connectivity index (χ0) is 24.2. The molecule has 3 saturated carbocycles. The summed E-state index contributed by atoms with van der Waals surface area (Å²) in [4.78, 5) is 19.0. The summed E-state index contributed by atoms with van der Waals surface area (Å²) in [5, 5.41) is 2.29. The molecule has 0 radical (unpaired) electrons. The second-order valence-electron chi connectivity index (χ2n) is 10.6. The molecule has 0 amide bonds. The van der Waals surface area contributed by atoms with Crippen molar-refractivity contribution in [3.8, 4) is 11.1 Å². The van der Waals surface area contributed by atoms with Gasteiger partial charge in [0, 0.05) is 28.8 Å². The van der Waals surface area contributed by atoms with Crippen LogP contribution in [0.2, 0.25) is 0 Å². The molecule has 0 unspecified atom stereocenters. The number of pyridine rings is 1. The van der Waals surface area contributed by atoms with Gasteiger partial charge in [0.2, 0.25) is 0 Å². The van der Waals surface area contributed by atoms with E-state index in [0.29, 0.717) is 0 Å². The standard InChI is InChI=1S/C34H27NO/c36-32(28-14-13-25-10-4-5-11-27(25)20-28)34-22-33(23-34,21-30(34)31-12-6-7-19-35-31)29-17-15-26(16-18-29)24-8-2-1-3-9-24/h1-20,30H,21-23H2/t30-,33?,34?/m0/s1. The predicted molar refractivity (Wildman–Crippen MR) is 145 cm³/mol. The van der Waals surface area contributed by atoms with Crippen molar-refractivity contribution < 1.29 is 4.79 Å². The molecule has 5 aromatic rings. The Kier molecular flexibility index (Phi) is 4.72. The minimum Gasteiger partial charge on any atom is -0.294 e. The van der Waals surface area contributed by atoms with Crippen molar-refractivity contribution in [3.63, 3.8) is 0 Å². The molecule has 2 nitrogen and oxygen atoms in total. The zero-order valence-corrected chi connectivity index (χ0v) is 20.1. The first kappa shape index (κ1) is 21.3. The summed E-state index contributed by atoms with van der Waals surface area (Å²) in [5.41, 5.74) is 5.32. The topological polar surface area (TPSA) is 30.0 Å². The molecule has 1 heterocycles. The third-order valence-electron chi connectivity index (χ3n) is 8.68. The highest BCUT2D eigenvalue weighted by molar-refractivity contribution is 6.05. The Labute approximate surface area is 211 Å². The fourth-order valence-corrected chi connectivity index (χ4v) is 7.01. The summed E-state index contributed by atoms with van der Waals surface area (Å²) in [6.45, 7) is 0. The lowest BCUT2D eigenvalue weighted by Gasteiger charge is -2.48. The summed E-state index contributed by atoms with van der Waals surface area (Å²) in [5.74, 6) is 0.407. The molecule has 0 N–H and O–H groups in total. The SMILES string of the molecule is O=C(c1ccc2ccccc2c1)C12CC(c3ccc(-c4ccccc4)cc3)(C[C@H]1c1ccccn1)C2. The van der Waals surface area contributed by atoms with Crippen LogP contribution in [-0.2, 0) is 5.41 Å². The quantitative estimate of drug-likeness (QED) is 0.246. The molecule has 8 rings (SSSR count). The number of ketones is 1. The summed E-state index contributed by atoms with van der Waals surface area (Å²) >= 11 is 0. The maximum Gasteiger partial charge on any atom is 0.169 e. The van der Waals surface area contributed by atoms with Crippen LogP contribution in [0.1, 0.15) is 46.8 Å². The van der Waals surface area contributed by atoms with Crippen LogP contribution in [0.3, 0.4) is 0 Å². The Morgan fingerprint density at radius 1 is 0.694 bits per heavy atom. The van der Waals surface area contributed by atoms with Gasteiger partial charge in [0.25, 0.3) is 0 Å². The molecule has 0 aliphatic heterocycles. The van der Waals surface area contributed by atoms with Crippen molar-refractivity contribution in [1.29, 1.82) is 0 Å². The Balaban J connectivity index is 1.26. The van der Waals surface area contributed by atoms with Crippen LogP contribution in [-0.4, -0.2) is 10.8 Å². The highest BCUT2D eigenvalue weighted by Gasteiger charge is 2.70. The molecule has 4 aromatic carbocycles. The molecule has 1 aromatic heterocycles. The van der Waals surface area contributed by atoms with Gasteiger partial charge in [0.05, 0.1) is 0 Å². The first-order chi connectivity index (χ1) is 17.7. The van der Waals surface area contributed by atoms with Crippen LogP contribution in [0.5, 0.6) is 0 Å². The number of aromatic nitrogens is 1. The maximum atomic E-state index is 14.2. The van der Waals surface area contributed by atoms with Gasteiger partial charge in [0.1, 0.15) is 0 Å². The summed E-state index contributed by atoms with van der Waals surface area (Å²) in [6, 6.07) is 40.1. The molecular weight excluding hydrogens is 438 g/mol. The first-order valence-corrected chi connectivity index (χ1v) is 12.8. The molecule has 1 atom stereocenters. The number of rotatable bonds is 5. The number of hydrogen-bond donors (Lipinski definition) is 0. The molecular formula is C34H27NO. The number of hydrogen-bond acceptors (Lipinski definition) is 2. The average Bonchev–Trinajstić information content (AvgIpc) is 3.47. The van der Waals surface area contributed by atoms with Gasteiger partial charge in [-0.2, -0.15) is 0 Å². The summed E-state index contributed by atoms with van der Waals surface area (Å²) < 4.78 is 0. The Hall–Kier alpha value is -4.04. The molecule has 0 spiro atoms. The van der Waals surface area contributed by atoms with E-state index in [9.17, 15) is 4.79 Å². The van der Waals surface area contributed by atoms with E-state index in [1.54, 1.807) is 0 Å². The molecule has 3 aliphatic carbocycles. The van der Waals surface area contributed by atoms with E-state index >= 15 is 0 Å². The van der Waals surface area contributed by atoms with Crippen molar-refractivity contribution in [2.45, 2.75) is 30.6 Å². The monoisotopic (exact) mass is 465 g/mol. The highest BCUT2D eigenvalue weighted by atomic mass is 16.1. The number of Topliss-reactive ketones (excluding diaryl/α,β-unsaturated/α-hetero) is 1. The van der Waals surface area contributed by atoms with Gasteiger partial charge in [-0.1, -0.05) is 97.1 Å². The van der Waals surface area contributed by atoms with E-state index in [-0.39, 0.29) is 17.1 Å². The minimum atomic E-state index is -0.394. The number of nitrogens with zero attached hydrogens (tertiary/aromatic N) is 1. The van der Waals surface area contributed by atoms with E-state index in [1.807, 2.05) is 42.6 Å². The second kappa shape index (κ2) is 7.99. The van der Waals surface area contributed by atoms with Gasteiger partial charge in [-0.15, -0.1) is 0 Å². The lowest BCUT2D eigenvalue weighted by atomic mass is 9.54. The van der Waals surface area contributed by atoms with Crippen LogP contribution in [0, 0.1) is 5.41 Å². The summed E-state index contributed by atoms with van der Waals surface area (Å²) in [7, 11) is 0. The van der Waals surface area contributed by atoms with Gasteiger partial charge >= 0.3 is 0 Å². The van der Waals surface area contributed by atoms with Gasteiger partial charge in [0.15, 0.2) is 5.78 Å². The molecule has 2 heteroatoms.